The van der Waals surface area contributed by atoms with Crippen molar-refractivity contribution in [2.75, 3.05) is 6.54 Å². The predicted molar refractivity (Wildman–Crippen MR) is 179 cm³/mol. The maximum Gasteiger partial charge on any atom is 0.322 e. The molecule has 17 heteroatoms. The molecule has 7 atom stereocenters. The Kier molecular flexibility index (Phi) is 11.2. The monoisotopic (exact) mass is 704 g/mol. The maximum absolute atomic E-state index is 14.1. The number of carbonyl (C=O) groups excluding carboxylic acids is 3. The summed E-state index contributed by atoms with van der Waals surface area (Å²) in [4.78, 5) is 64.9. The zero-order chi connectivity index (χ0) is 35.6. The van der Waals surface area contributed by atoms with E-state index < -0.39 is 80.1 Å². The number of carboxylic acids is 2. The molecule has 2 aliphatic rings. The SMILES string of the molecule is CC1(C)S[C@@H](CNC(=O)[C@@H](NC(=O)[C@@H](NC(=O)[C@H](N)c2ccc(O)cc2)[C@H]2N[C@@H](C(=O)O)C(C)(C)S2)c2ccc(O)cc2)N[C@H]1C(=O)O. The molecule has 2 heterocycles. The van der Waals surface area contributed by atoms with Crippen molar-refractivity contribution in [2.45, 2.75) is 78.1 Å². The quantitative estimate of drug-likeness (QED) is 0.143. The second-order valence-electron chi connectivity index (χ2n) is 12.6. The molecule has 4 rings (SSSR count). The van der Waals surface area contributed by atoms with Gasteiger partial charge in [-0.2, -0.15) is 0 Å². The Morgan fingerprint density at radius 2 is 1.25 bits per heavy atom. The zero-order valence-corrected chi connectivity index (χ0v) is 28.2. The zero-order valence-electron chi connectivity index (χ0n) is 26.6. The summed E-state index contributed by atoms with van der Waals surface area (Å²) in [6.45, 7) is 6.92. The first kappa shape index (κ1) is 36.8. The first-order valence-electron chi connectivity index (χ1n) is 14.9. The Balaban J connectivity index is 1.59. The van der Waals surface area contributed by atoms with Gasteiger partial charge in [-0.1, -0.05) is 24.3 Å². The van der Waals surface area contributed by atoms with E-state index in [9.17, 15) is 44.4 Å². The molecule has 15 nitrogen and oxygen atoms in total. The van der Waals surface area contributed by atoms with Crippen molar-refractivity contribution in [3.8, 4) is 11.5 Å². The molecule has 0 aliphatic carbocycles. The molecule has 2 saturated heterocycles. The molecular weight excluding hydrogens is 665 g/mol. The van der Waals surface area contributed by atoms with Crippen molar-refractivity contribution in [2.24, 2.45) is 5.73 Å². The highest BCUT2D eigenvalue weighted by molar-refractivity contribution is 8.01. The van der Waals surface area contributed by atoms with E-state index in [1.54, 1.807) is 27.7 Å². The fourth-order valence-electron chi connectivity index (χ4n) is 5.50. The number of nitrogens with two attached hydrogens (primary N) is 1. The average molecular weight is 705 g/mol. The second-order valence-corrected chi connectivity index (χ2v) is 16.2. The van der Waals surface area contributed by atoms with Gasteiger partial charge < -0.3 is 42.1 Å². The summed E-state index contributed by atoms with van der Waals surface area (Å²) in [5.74, 6) is -4.57. The topological polar surface area (TPSA) is 252 Å². The van der Waals surface area contributed by atoms with Crippen LogP contribution in [-0.2, 0) is 24.0 Å². The molecule has 260 valence electrons. The van der Waals surface area contributed by atoms with Gasteiger partial charge in [-0.05, 0) is 63.1 Å². The van der Waals surface area contributed by atoms with E-state index in [2.05, 4.69) is 26.6 Å². The Bertz CT molecular complexity index is 1540. The highest BCUT2D eigenvalue weighted by Crippen LogP contribution is 2.40. The van der Waals surface area contributed by atoms with Crippen LogP contribution >= 0.6 is 23.5 Å². The summed E-state index contributed by atoms with van der Waals surface area (Å²) in [5.41, 5.74) is 6.82. The largest absolute Gasteiger partial charge is 0.508 e. The molecule has 48 heavy (non-hydrogen) atoms. The van der Waals surface area contributed by atoms with Gasteiger partial charge in [0.15, 0.2) is 0 Å². The minimum Gasteiger partial charge on any atom is -0.508 e. The number of nitrogens with one attached hydrogen (secondary N) is 5. The van der Waals surface area contributed by atoms with Crippen LogP contribution < -0.4 is 32.3 Å². The minimum atomic E-state index is -1.43. The summed E-state index contributed by atoms with van der Waals surface area (Å²) >= 11 is 2.46. The van der Waals surface area contributed by atoms with Gasteiger partial charge in [0.1, 0.15) is 41.7 Å². The number of carboxylic acid groups (broad SMARTS) is 2. The van der Waals surface area contributed by atoms with Crippen LogP contribution in [0.4, 0.5) is 0 Å². The second kappa shape index (κ2) is 14.6. The van der Waals surface area contributed by atoms with Crippen LogP contribution in [0.3, 0.4) is 0 Å². The lowest BCUT2D eigenvalue weighted by molar-refractivity contribution is -0.141. The molecular formula is C31H40N6O9S2. The lowest BCUT2D eigenvalue weighted by atomic mass is 10.0. The van der Waals surface area contributed by atoms with Crippen LogP contribution in [0, 0.1) is 0 Å². The number of phenols is 2. The standard InChI is InChI=1S/C31H40N6O9S2/c1-30(2)22(28(43)44)34-18(47-30)13-33-25(41)20(15-7-11-17(39)12-8-15)35-26(42)21(27-37-23(29(45)46)31(3,4)48-27)36-24(40)19(32)14-5-9-16(38)10-6-14/h5-12,18-23,27,34,37-39H,13,32H2,1-4H3,(H,33,41)(H,35,42)(H,36,40)(H,43,44)(H,45,46)/t18-,19+,20-,21+,22-,23-,27-/m0/s1. The molecule has 3 amide bonds. The number of hydrogen-bond acceptors (Lipinski definition) is 12. The molecule has 0 saturated carbocycles. The third-order valence-electron chi connectivity index (χ3n) is 8.10. The fraction of sp³-hybridized carbons (Fsp3) is 0.452. The van der Waals surface area contributed by atoms with Gasteiger partial charge in [-0.15, -0.1) is 23.5 Å². The van der Waals surface area contributed by atoms with Gasteiger partial charge in [0.2, 0.25) is 17.7 Å². The number of hydrogen-bond donors (Lipinski definition) is 10. The number of thioether (sulfide) groups is 2. The summed E-state index contributed by atoms with van der Waals surface area (Å²) in [6, 6.07) is 5.17. The lowest BCUT2D eigenvalue weighted by Crippen LogP contribution is -2.59. The van der Waals surface area contributed by atoms with Crippen LogP contribution in [0.15, 0.2) is 48.5 Å². The smallest absolute Gasteiger partial charge is 0.322 e. The van der Waals surface area contributed by atoms with Crippen molar-refractivity contribution in [3.05, 3.63) is 59.7 Å². The highest BCUT2D eigenvalue weighted by atomic mass is 32.2. The molecule has 2 aromatic rings. The van der Waals surface area contributed by atoms with Gasteiger partial charge in [0.25, 0.3) is 0 Å². The predicted octanol–water partition coefficient (Wildman–Crippen LogP) is 0.345. The van der Waals surface area contributed by atoms with Crippen LogP contribution in [-0.4, -0.2) is 95.0 Å². The number of aromatic hydroxyl groups is 2. The molecule has 2 aliphatic heterocycles. The minimum absolute atomic E-state index is 0.0112. The van der Waals surface area contributed by atoms with Gasteiger partial charge >= 0.3 is 11.9 Å². The third-order valence-corrected chi connectivity index (χ3v) is 11.0. The molecule has 0 aromatic heterocycles. The van der Waals surface area contributed by atoms with Crippen molar-refractivity contribution in [3.63, 3.8) is 0 Å². The number of aliphatic carboxylic acids is 2. The molecule has 2 fully saturated rings. The first-order valence-corrected chi connectivity index (χ1v) is 16.7. The Morgan fingerprint density at radius 1 is 0.750 bits per heavy atom. The number of amides is 3. The Labute approximate surface area is 285 Å². The van der Waals surface area contributed by atoms with E-state index in [1.807, 2.05) is 0 Å². The fourth-order valence-corrected chi connectivity index (χ4v) is 8.40. The third kappa shape index (κ3) is 8.51. The van der Waals surface area contributed by atoms with Crippen LogP contribution in [0.1, 0.15) is 50.9 Å². The molecule has 0 bridgehead atoms. The van der Waals surface area contributed by atoms with Gasteiger partial charge in [-0.3, -0.25) is 34.6 Å². The number of phenolic OH excluding ortho intramolecular Hbond substituents is 2. The van der Waals surface area contributed by atoms with Gasteiger partial charge in [0, 0.05) is 16.0 Å². The van der Waals surface area contributed by atoms with Crippen LogP contribution in [0.2, 0.25) is 0 Å². The number of carbonyl (C=O) groups is 5. The summed E-state index contributed by atoms with van der Waals surface area (Å²) < 4.78 is -1.56. The summed E-state index contributed by atoms with van der Waals surface area (Å²) in [5, 5.41) is 51.4. The summed E-state index contributed by atoms with van der Waals surface area (Å²) in [6.07, 6.45) is 0. The summed E-state index contributed by atoms with van der Waals surface area (Å²) in [7, 11) is 0. The Hall–Kier alpha value is -4.03. The Morgan fingerprint density at radius 3 is 1.75 bits per heavy atom. The van der Waals surface area contributed by atoms with Gasteiger partial charge in [0.05, 0.1) is 10.7 Å². The van der Waals surface area contributed by atoms with Crippen molar-refractivity contribution in [1.29, 1.82) is 0 Å². The van der Waals surface area contributed by atoms with Crippen molar-refractivity contribution in [1.82, 2.24) is 26.6 Å². The van der Waals surface area contributed by atoms with Crippen molar-refractivity contribution < 1.29 is 44.4 Å². The van der Waals surface area contributed by atoms with E-state index in [-0.39, 0.29) is 23.6 Å². The number of rotatable bonds is 12. The molecule has 0 spiro atoms. The van der Waals surface area contributed by atoms with Crippen LogP contribution in [0.5, 0.6) is 11.5 Å². The average Bonchev–Trinajstić information content (AvgIpc) is 3.51. The highest BCUT2D eigenvalue weighted by Gasteiger charge is 2.50. The molecule has 0 radical (unpaired) electrons. The first-order chi connectivity index (χ1) is 22.4. The molecule has 11 N–H and O–H groups in total. The van der Waals surface area contributed by atoms with E-state index in [1.165, 1.54) is 60.3 Å². The number of benzene rings is 2. The van der Waals surface area contributed by atoms with E-state index >= 15 is 0 Å². The lowest BCUT2D eigenvalue weighted by Gasteiger charge is -2.28. The normalized spacial score (nSPS) is 24.5. The van der Waals surface area contributed by atoms with Crippen LogP contribution in [0.25, 0.3) is 0 Å². The van der Waals surface area contributed by atoms with Gasteiger partial charge in [-0.25, -0.2) is 0 Å². The molecule has 2 aromatic carbocycles. The maximum atomic E-state index is 14.1. The van der Waals surface area contributed by atoms with E-state index in [0.29, 0.717) is 5.56 Å². The van der Waals surface area contributed by atoms with E-state index in [4.69, 9.17) is 5.73 Å². The molecule has 0 unspecified atom stereocenters. The van der Waals surface area contributed by atoms with Crippen molar-refractivity contribution >= 4 is 53.2 Å². The van der Waals surface area contributed by atoms with E-state index in [0.717, 1.165) is 11.8 Å².